The van der Waals surface area contributed by atoms with Gasteiger partial charge in [-0.2, -0.15) is 0 Å². The maximum absolute atomic E-state index is 11.5. The Hall–Kier alpha value is -2.34. The molecule has 1 heterocycles. The minimum Gasteiger partial charge on any atom is -0.348 e. The van der Waals surface area contributed by atoms with Gasteiger partial charge in [0.15, 0.2) is 15.8 Å². The van der Waals surface area contributed by atoms with Crippen molar-refractivity contribution < 1.29 is 8.42 Å². The van der Waals surface area contributed by atoms with Crippen molar-refractivity contribution in [1.29, 1.82) is 0 Å². The fraction of sp³-hybridized carbons (Fsp3) is 0.278. The number of hydrogen-bond donors (Lipinski definition) is 1. The number of rotatable bonds is 4. The van der Waals surface area contributed by atoms with Crippen molar-refractivity contribution in [2.45, 2.75) is 17.5 Å². The smallest absolute Gasteiger partial charge is 0.194 e. The molecule has 126 valence electrons. The fourth-order valence-electron chi connectivity index (χ4n) is 2.72. The Morgan fingerprint density at radius 2 is 1.79 bits per heavy atom. The van der Waals surface area contributed by atoms with Gasteiger partial charge in [0.1, 0.15) is 0 Å². The average Bonchev–Trinajstić information content (AvgIpc) is 3.05. The van der Waals surface area contributed by atoms with Gasteiger partial charge in [-0.05, 0) is 23.3 Å². The summed E-state index contributed by atoms with van der Waals surface area (Å²) in [7, 11) is -1.18. The van der Waals surface area contributed by atoms with Crippen LogP contribution in [0.5, 0.6) is 0 Å². The number of nitrogens with one attached hydrogen (secondary N) is 1. The number of aliphatic imine (C=N–C) groups is 1. The summed E-state index contributed by atoms with van der Waals surface area (Å²) in [6.07, 6.45) is 1.22. The quantitative estimate of drug-likeness (QED) is 0.925. The van der Waals surface area contributed by atoms with Gasteiger partial charge >= 0.3 is 0 Å². The lowest BCUT2D eigenvalue weighted by molar-refractivity contribution is 0.480. The SMILES string of the molecule is CN(Cc1ccc(S(C)(=O)=O)cc1)C1=NCC(c2ccccc2)N1. The molecule has 0 fully saturated rings. The molecule has 3 rings (SSSR count). The van der Waals surface area contributed by atoms with E-state index in [9.17, 15) is 8.42 Å². The highest BCUT2D eigenvalue weighted by Crippen LogP contribution is 2.18. The van der Waals surface area contributed by atoms with Crippen LogP contribution < -0.4 is 5.32 Å². The number of hydrogen-bond acceptors (Lipinski definition) is 5. The van der Waals surface area contributed by atoms with Crippen molar-refractivity contribution in [1.82, 2.24) is 10.2 Å². The molecular weight excluding hydrogens is 322 g/mol. The Bertz CT molecular complexity index is 830. The average molecular weight is 343 g/mol. The van der Waals surface area contributed by atoms with Crippen molar-refractivity contribution in [3.63, 3.8) is 0 Å². The molecule has 0 radical (unpaired) electrons. The van der Waals surface area contributed by atoms with Crippen LogP contribution in [0, 0.1) is 0 Å². The molecule has 0 aliphatic carbocycles. The van der Waals surface area contributed by atoms with Gasteiger partial charge < -0.3 is 10.2 Å². The van der Waals surface area contributed by atoms with Gasteiger partial charge in [0.25, 0.3) is 0 Å². The number of benzene rings is 2. The minimum absolute atomic E-state index is 0.205. The molecule has 0 saturated carbocycles. The first-order valence-electron chi connectivity index (χ1n) is 7.79. The molecule has 1 unspecified atom stereocenters. The minimum atomic E-state index is -3.15. The lowest BCUT2D eigenvalue weighted by Gasteiger charge is -2.21. The van der Waals surface area contributed by atoms with Crippen LogP contribution in [0.15, 0.2) is 64.5 Å². The van der Waals surface area contributed by atoms with Crippen molar-refractivity contribution >= 4 is 15.8 Å². The van der Waals surface area contributed by atoms with Crippen LogP contribution in [0.2, 0.25) is 0 Å². The van der Waals surface area contributed by atoms with E-state index in [4.69, 9.17) is 0 Å². The maximum Gasteiger partial charge on any atom is 0.194 e. The molecule has 1 aliphatic heterocycles. The van der Waals surface area contributed by atoms with Crippen molar-refractivity contribution in [2.75, 3.05) is 19.8 Å². The predicted octanol–water partition coefficient (Wildman–Crippen LogP) is 2.22. The summed E-state index contributed by atoms with van der Waals surface area (Å²) < 4.78 is 23.0. The van der Waals surface area contributed by atoms with E-state index in [1.165, 1.54) is 11.8 Å². The van der Waals surface area contributed by atoms with Crippen LogP contribution >= 0.6 is 0 Å². The number of sulfone groups is 1. The van der Waals surface area contributed by atoms with Crippen LogP contribution in [-0.4, -0.2) is 39.1 Å². The van der Waals surface area contributed by atoms with E-state index in [1.54, 1.807) is 12.1 Å². The molecular formula is C18H21N3O2S. The molecule has 2 aromatic rings. The Kier molecular flexibility index (Phi) is 4.57. The Balaban J connectivity index is 1.63. The second kappa shape index (κ2) is 6.65. The highest BCUT2D eigenvalue weighted by Gasteiger charge is 2.21. The molecule has 0 saturated heterocycles. The van der Waals surface area contributed by atoms with Crippen LogP contribution in [0.25, 0.3) is 0 Å². The Morgan fingerprint density at radius 1 is 1.12 bits per heavy atom. The molecule has 1 N–H and O–H groups in total. The topological polar surface area (TPSA) is 61.8 Å². The lowest BCUT2D eigenvalue weighted by atomic mass is 10.1. The second-order valence-electron chi connectivity index (χ2n) is 6.04. The summed E-state index contributed by atoms with van der Waals surface area (Å²) in [5.74, 6) is 0.857. The highest BCUT2D eigenvalue weighted by molar-refractivity contribution is 7.90. The zero-order valence-electron chi connectivity index (χ0n) is 13.8. The molecule has 1 aliphatic rings. The van der Waals surface area contributed by atoms with Gasteiger partial charge in [-0.1, -0.05) is 42.5 Å². The van der Waals surface area contributed by atoms with E-state index in [0.717, 1.165) is 18.1 Å². The second-order valence-corrected chi connectivity index (χ2v) is 8.06. The Labute approximate surface area is 143 Å². The summed E-state index contributed by atoms with van der Waals surface area (Å²) in [4.78, 5) is 6.96. The summed E-state index contributed by atoms with van der Waals surface area (Å²) in [5.41, 5.74) is 2.26. The summed E-state index contributed by atoms with van der Waals surface area (Å²) in [6.45, 7) is 1.38. The third kappa shape index (κ3) is 3.76. The van der Waals surface area contributed by atoms with Crippen molar-refractivity contribution in [3.05, 3.63) is 65.7 Å². The summed E-state index contributed by atoms with van der Waals surface area (Å²) in [6, 6.07) is 17.5. The fourth-order valence-corrected chi connectivity index (χ4v) is 3.35. The third-order valence-electron chi connectivity index (χ3n) is 4.06. The molecule has 24 heavy (non-hydrogen) atoms. The normalized spacial score (nSPS) is 17.2. The van der Waals surface area contributed by atoms with Gasteiger partial charge in [-0.3, -0.25) is 4.99 Å². The monoisotopic (exact) mass is 343 g/mol. The van der Waals surface area contributed by atoms with E-state index in [-0.39, 0.29) is 6.04 Å². The van der Waals surface area contributed by atoms with Crippen LogP contribution in [-0.2, 0) is 16.4 Å². The molecule has 0 aromatic heterocycles. The summed E-state index contributed by atoms with van der Waals surface area (Å²) >= 11 is 0. The molecule has 0 spiro atoms. The molecule has 2 aromatic carbocycles. The Morgan fingerprint density at radius 3 is 2.42 bits per heavy atom. The first kappa shape index (κ1) is 16.5. The summed E-state index contributed by atoms with van der Waals surface area (Å²) in [5, 5.41) is 3.44. The standard InChI is InChI=1S/C18H21N3O2S/c1-21(13-14-8-10-16(11-9-14)24(2,22)23)18-19-12-17(20-18)15-6-4-3-5-7-15/h3-11,17H,12-13H2,1-2H3,(H,19,20). The zero-order chi connectivity index (χ0) is 17.2. The van der Waals surface area contributed by atoms with Gasteiger partial charge in [-0.15, -0.1) is 0 Å². The lowest BCUT2D eigenvalue weighted by Crippen LogP contribution is -2.36. The van der Waals surface area contributed by atoms with Crippen LogP contribution in [0.4, 0.5) is 0 Å². The van der Waals surface area contributed by atoms with Gasteiger partial charge in [0, 0.05) is 19.8 Å². The molecule has 0 bridgehead atoms. The van der Waals surface area contributed by atoms with Gasteiger partial charge in [-0.25, -0.2) is 8.42 Å². The molecule has 1 atom stereocenters. The van der Waals surface area contributed by atoms with E-state index >= 15 is 0 Å². The van der Waals surface area contributed by atoms with Gasteiger partial charge in [0.2, 0.25) is 0 Å². The van der Waals surface area contributed by atoms with E-state index < -0.39 is 9.84 Å². The molecule has 5 nitrogen and oxygen atoms in total. The van der Waals surface area contributed by atoms with E-state index in [2.05, 4.69) is 22.4 Å². The highest BCUT2D eigenvalue weighted by atomic mass is 32.2. The predicted molar refractivity (Wildman–Crippen MR) is 95.6 cm³/mol. The van der Waals surface area contributed by atoms with E-state index in [0.29, 0.717) is 11.4 Å². The van der Waals surface area contributed by atoms with Crippen molar-refractivity contribution in [3.8, 4) is 0 Å². The van der Waals surface area contributed by atoms with Crippen molar-refractivity contribution in [2.24, 2.45) is 4.99 Å². The maximum atomic E-state index is 11.5. The van der Waals surface area contributed by atoms with Crippen LogP contribution in [0.1, 0.15) is 17.2 Å². The molecule has 6 heteroatoms. The third-order valence-corrected chi connectivity index (χ3v) is 5.19. The first-order valence-corrected chi connectivity index (χ1v) is 9.69. The first-order chi connectivity index (χ1) is 11.4. The van der Waals surface area contributed by atoms with Gasteiger partial charge in [0.05, 0.1) is 17.5 Å². The zero-order valence-corrected chi connectivity index (χ0v) is 14.6. The van der Waals surface area contributed by atoms with Crippen LogP contribution in [0.3, 0.4) is 0 Å². The number of guanidine groups is 1. The largest absolute Gasteiger partial charge is 0.348 e. The van der Waals surface area contributed by atoms with E-state index in [1.807, 2.05) is 42.3 Å². The number of nitrogens with zero attached hydrogens (tertiary/aromatic N) is 2. The molecule has 0 amide bonds.